The van der Waals surface area contributed by atoms with Gasteiger partial charge in [0.15, 0.2) is 23.0 Å². The molecule has 1 heterocycles. The van der Waals surface area contributed by atoms with Gasteiger partial charge in [-0.3, -0.25) is 0 Å². The molecule has 0 radical (unpaired) electrons. The van der Waals surface area contributed by atoms with E-state index in [0.29, 0.717) is 29.3 Å². The first-order valence-electron chi connectivity index (χ1n) is 13.1. The van der Waals surface area contributed by atoms with Crippen LogP contribution in [-0.4, -0.2) is 69.2 Å². The normalized spacial score (nSPS) is 18.6. The number of hydrogen-bond acceptors (Lipinski definition) is 8. The summed E-state index contributed by atoms with van der Waals surface area (Å²) in [5.41, 5.74) is 1.80. The summed E-state index contributed by atoms with van der Waals surface area (Å²) < 4.78 is 35.7. The van der Waals surface area contributed by atoms with Crippen molar-refractivity contribution >= 4 is 12.3 Å². The first-order chi connectivity index (χ1) is 18.4. The first kappa shape index (κ1) is 30.2. The topological polar surface area (TPSA) is 110 Å². The summed E-state index contributed by atoms with van der Waals surface area (Å²) in [5.74, 6) is 0.830. The lowest BCUT2D eigenvalue weighted by atomic mass is 9.87. The summed E-state index contributed by atoms with van der Waals surface area (Å²) in [7, 11) is 0. The number of aliphatic carboxylic acids is 1. The molecular weight excluding hydrogens is 504 g/mol. The molecule has 0 saturated heterocycles. The molecule has 2 unspecified atom stereocenters. The number of carboxylic acid groups (broad SMARTS) is 1. The highest BCUT2D eigenvalue weighted by molar-refractivity contribution is 5.68. The second kappa shape index (κ2) is 13.2. The Bertz CT molecular complexity index is 1110. The third-order valence-electron chi connectivity index (χ3n) is 6.16. The number of carbonyl (C=O) groups excluding carboxylic acids is 1. The summed E-state index contributed by atoms with van der Waals surface area (Å²) in [4.78, 5) is 22.2. The van der Waals surface area contributed by atoms with Gasteiger partial charge >= 0.3 is 5.97 Å². The van der Waals surface area contributed by atoms with Crippen molar-refractivity contribution in [3.63, 3.8) is 0 Å². The molecule has 0 amide bonds. The van der Waals surface area contributed by atoms with Crippen molar-refractivity contribution < 1.29 is 43.1 Å². The lowest BCUT2D eigenvalue weighted by molar-refractivity contribution is -0.145. The van der Waals surface area contributed by atoms with Gasteiger partial charge in [0.05, 0.1) is 0 Å². The minimum Gasteiger partial charge on any atom is -0.487 e. The van der Waals surface area contributed by atoms with Crippen LogP contribution in [0.15, 0.2) is 36.4 Å². The lowest BCUT2D eigenvalue weighted by Gasteiger charge is -2.26. The molecule has 2 aromatic carbocycles. The van der Waals surface area contributed by atoms with Gasteiger partial charge in [0.1, 0.15) is 58.1 Å². The van der Waals surface area contributed by atoms with Crippen LogP contribution in [0.3, 0.4) is 0 Å². The molecule has 0 fully saturated rings. The highest BCUT2D eigenvalue weighted by Gasteiger charge is 2.23. The van der Waals surface area contributed by atoms with Crippen LogP contribution in [0.1, 0.15) is 52.7 Å². The maximum atomic E-state index is 11.2. The van der Waals surface area contributed by atoms with Gasteiger partial charge in [-0.05, 0) is 46.2 Å². The van der Waals surface area contributed by atoms with E-state index in [9.17, 15) is 14.7 Å². The van der Waals surface area contributed by atoms with Crippen molar-refractivity contribution in [3.8, 4) is 23.0 Å². The third-order valence-corrected chi connectivity index (χ3v) is 6.16. The zero-order valence-corrected chi connectivity index (χ0v) is 23.7. The van der Waals surface area contributed by atoms with Crippen LogP contribution in [0, 0.1) is 0 Å². The van der Waals surface area contributed by atoms with E-state index < -0.39 is 24.8 Å². The van der Waals surface area contributed by atoms with Crippen LogP contribution >= 0.6 is 0 Å². The number of benzene rings is 2. The summed E-state index contributed by atoms with van der Waals surface area (Å²) >= 11 is 0. The number of rotatable bonds is 6. The molecule has 39 heavy (non-hydrogen) atoms. The smallest absolute Gasteiger partial charge is 0.329 e. The Kier molecular flexibility index (Phi) is 10.2. The fourth-order valence-corrected chi connectivity index (χ4v) is 3.80. The zero-order chi connectivity index (χ0) is 28.6. The molecule has 0 aromatic heterocycles. The molecule has 1 N–H and O–H groups in total. The molecule has 3 rings (SSSR count). The van der Waals surface area contributed by atoms with Gasteiger partial charge in [-0.2, -0.15) is 0 Å². The van der Waals surface area contributed by atoms with Gasteiger partial charge in [0, 0.05) is 0 Å². The second-order valence-electron chi connectivity index (χ2n) is 11.5. The Labute approximate surface area is 230 Å². The number of carbonyl (C=O) groups is 2. The number of fused-ring (bicyclic) bond motifs is 2. The van der Waals surface area contributed by atoms with E-state index in [0.717, 1.165) is 11.1 Å². The standard InChI is InChI=1S/C30H40O9/c1-29(2,3)20-8-10-25-26(13-20)38-16-22(34-12-11-31)15-36-24-9-7-21(30(4,5)6)14-27(24)39-18-23(17-37-25)35-19-28(32)33/h7-11,13-14,22-23H,12,15-19H2,1-6H3,(H,32,33). The van der Waals surface area contributed by atoms with E-state index in [1.807, 2.05) is 36.4 Å². The Morgan fingerprint density at radius 3 is 1.56 bits per heavy atom. The van der Waals surface area contributed by atoms with Crippen LogP contribution in [0.25, 0.3) is 0 Å². The van der Waals surface area contributed by atoms with Crippen molar-refractivity contribution in [2.75, 3.05) is 39.6 Å². The molecular formula is C30H40O9. The average molecular weight is 545 g/mol. The molecule has 9 heteroatoms. The Hall–Kier alpha value is -3.30. The van der Waals surface area contributed by atoms with Crippen LogP contribution in [0.2, 0.25) is 0 Å². The molecule has 0 spiro atoms. The molecule has 2 atom stereocenters. The van der Waals surface area contributed by atoms with Gasteiger partial charge in [0.2, 0.25) is 0 Å². The highest BCUT2D eigenvalue weighted by atomic mass is 16.6. The predicted octanol–water partition coefficient (Wildman–Crippen LogP) is 4.56. The molecule has 1 aliphatic heterocycles. The first-order valence-corrected chi connectivity index (χ1v) is 13.1. The summed E-state index contributed by atoms with van der Waals surface area (Å²) in [5, 5.41) is 9.18. The number of carboxylic acids is 1. The molecule has 0 aliphatic carbocycles. The summed E-state index contributed by atoms with van der Waals surface area (Å²) in [6.07, 6.45) is -0.551. The minimum atomic E-state index is -1.09. The average Bonchev–Trinajstić information content (AvgIpc) is 2.86. The Morgan fingerprint density at radius 2 is 1.18 bits per heavy atom. The molecule has 9 nitrogen and oxygen atoms in total. The summed E-state index contributed by atoms with van der Waals surface area (Å²) in [6.45, 7) is 12.2. The van der Waals surface area contributed by atoms with E-state index in [1.165, 1.54) is 0 Å². The summed E-state index contributed by atoms with van der Waals surface area (Å²) in [6, 6.07) is 11.4. The van der Waals surface area contributed by atoms with Crippen molar-refractivity contribution in [3.05, 3.63) is 47.5 Å². The number of aldehydes is 1. The van der Waals surface area contributed by atoms with Crippen molar-refractivity contribution in [2.45, 2.75) is 64.6 Å². The molecule has 1 aliphatic rings. The minimum absolute atomic E-state index is 0.0264. The SMILES string of the molecule is CC(C)(C)c1ccc2c(c1)OCC(OCC=O)COc1ccc(C(C)(C)C)cc1OCC(OCC(=O)O)CO2. The van der Waals surface area contributed by atoms with Crippen molar-refractivity contribution in [1.29, 1.82) is 0 Å². The van der Waals surface area contributed by atoms with Crippen LogP contribution < -0.4 is 18.9 Å². The molecule has 214 valence electrons. The number of hydrogen-bond donors (Lipinski definition) is 1. The van der Waals surface area contributed by atoms with E-state index in [1.54, 1.807) is 0 Å². The fraction of sp³-hybridized carbons (Fsp3) is 0.533. The second-order valence-corrected chi connectivity index (χ2v) is 11.5. The van der Waals surface area contributed by atoms with Crippen molar-refractivity contribution in [1.82, 2.24) is 0 Å². The van der Waals surface area contributed by atoms with Gasteiger partial charge < -0.3 is 38.3 Å². The van der Waals surface area contributed by atoms with Gasteiger partial charge in [0.25, 0.3) is 0 Å². The lowest BCUT2D eigenvalue weighted by Crippen LogP contribution is -2.32. The van der Waals surface area contributed by atoms with Crippen LogP contribution in [0.5, 0.6) is 23.0 Å². The maximum absolute atomic E-state index is 11.2. The predicted molar refractivity (Wildman–Crippen MR) is 145 cm³/mol. The maximum Gasteiger partial charge on any atom is 0.329 e. The van der Waals surface area contributed by atoms with E-state index in [-0.39, 0.29) is 43.9 Å². The van der Waals surface area contributed by atoms with E-state index in [2.05, 4.69) is 41.5 Å². The monoisotopic (exact) mass is 544 g/mol. The quantitative estimate of drug-likeness (QED) is 0.523. The Balaban J connectivity index is 1.96. The fourth-order valence-electron chi connectivity index (χ4n) is 3.80. The van der Waals surface area contributed by atoms with Gasteiger partial charge in [-0.15, -0.1) is 0 Å². The zero-order valence-electron chi connectivity index (χ0n) is 23.7. The largest absolute Gasteiger partial charge is 0.487 e. The number of ether oxygens (including phenoxy) is 6. The molecule has 0 bridgehead atoms. The van der Waals surface area contributed by atoms with Crippen LogP contribution in [0.4, 0.5) is 0 Å². The van der Waals surface area contributed by atoms with Crippen molar-refractivity contribution in [2.24, 2.45) is 0 Å². The van der Waals surface area contributed by atoms with Gasteiger partial charge in [-0.1, -0.05) is 53.7 Å². The molecule has 2 aromatic rings. The van der Waals surface area contributed by atoms with Gasteiger partial charge in [-0.25, -0.2) is 4.79 Å². The molecule has 0 saturated carbocycles. The Morgan fingerprint density at radius 1 is 0.769 bits per heavy atom. The highest BCUT2D eigenvalue weighted by Crippen LogP contribution is 2.36. The van der Waals surface area contributed by atoms with E-state index >= 15 is 0 Å². The van der Waals surface area contributed by atoms with E-state index in [4.69, 9.17) is 28.4 Å². The van der Waals surface area contributed by atoms with Crippen LogP contribution in [-0.2, 0) is 29.9 Å². The third kappa shape index (κ3) is 9.14.